The molecule has 0 bridgehead atoms. The molecule has 0 saturated carbocycles. The first-order valence-corrected chi connectivity index (χ1v) is 9.22. The minimum Gasteiger partial charge on any atom is -0.481 e. The van der Waals surface area contributed by atoms with E-state index in [1.54, 1.807) is 0 Å². The number of allylic oxidation sites excluding steroid dienone is 8. The molecule has 0 aromatic rings. The van der Waals surface area contributed by atoms with Crippen molar-refractivity contribution in [3.05, 3.63) is 58.7 Å². The van der Waals surface area contributed by atoms with Crippen LogP contribution in [0.2, 0.25) is 0 Å². The largest absolute Gasteiger partial charge is 0.481 e. The van der Waals surface area contributed by atoms with Crippen LogP contribution in [0.15, 0.2) is 48.6 Å². The number of unbranched alkanes of at least 4 members (excludes halogenated alkanes) is 4. The van der Waals surface area contributed by atoms with Crippen LogP contribution in [0.4, 0.5) is 0 Å². The maximum absolute atomic E-state index is 10.3. The molecule has 26 heavy (non-hydrogen) atoms. The number of carboxylic acid groups (broad SMARTS) is 1. The maximum Gasteiger partial charge on any atom is 0.303 e. The van der Waals surface area contributed by atoms with E-state index >= 15 is 0 Å². The van der Waals surface area contributed by atoms with Gasteiger partial charge in [0.2, 0.25) is 0 Å². The van der Waals surface area contributed by atoms with Gasteiger partial charge in [-0.15, -0.1) is 10.1 Å². The molecule has 6 nitrogen and oxygen atoms in total. The van der Waals surface area contributed by atoms with Crippen molar-refractivity contribution >= 4 is 5.97 Å². The van der Waals surface area contributed by atoms with Gasteiger partial charge in [0.25, 0.3) is 5.09 Å². The highest BCUT2D eigenvalue weighted by molar-refractivity contribution is 5.66. The van der Waals surface area contributed by atoms with Crippen molar-refractivity contribution in [2.24, 2.45) is 0 Å². The Labute approximate surface area is 156 Å². The van der Waals surface area contributed by atoms with Crippen molar-refractivity contribution < 1.29 is 19.8 Å². The molecule has 0 amide bonds. The van der Waals surface area contributed by atoms with Gasteiger partial charge in [0, 0.05) is 6.42 Å². The molecule has 0 aromatic heterocycles. The van der Waals surface area contributed by atoms with Crippen molar-refractivity contribution in [2.75, 3.05) is 6.61 Å². The molecule has 0 atom stereocenters. The van der Waals surface area contributed by atoms with Crippen molar-refractivity contribution in [3.63, 3.8) is 0 Å². The smallest absolute Gasteiger partial charge is 0.303 e. The molecule has 0 fully saturated rings. The lowest BCUT2D eigenvalue weighted by Crippen LogP contribution is -2.01. The first-order chi connectivity index (χ1) is 12.6. The van der Waals surface area contributed by atoms with Gasteiger partial charge in [-0.05, 0) is 51.4 Å². The van der Waals surface area contributed by atoms with Gasteiger partial charge in [-0.3, -0.25) is 4.79 Å². The molecular formula is C20H31NO5. The van der Waals surface area contributed by atoms with E-state index in [1.165, 1.54) is 0 Å². The summed E-state index contributed by atoms with van der Waals surface area (Å²) in [5.41, 5.74) is 0. The summed E-state index contributed by atoms with van der Waals surface area (Å²) in [5.74, 6) is -0.736. The van der Waals surface area contributed by atoms with Crippen LogP contribution in [0.3, 0.4) is 0 Å². The zero-order valence-corrected chi connectivity index (χ0v) is 15.4. The highest BCUT2D eigenvalue weighted by atomic mass is 16.9. The van der Waals surface area contributed by atoms with E-state index in [1.807, 2.05) is 6.08 Å². The Morgan fingerprint density at radius 3 is 1.81 bits per heavy atom. The van der Waals surface area contributed by atoms with E-state index in [0.29, 0.717) is 6.42 Å². The molecule has 0 rings (SSSR count). The van der Waals surface area contributed by atoms with Crippen LogP contribution in [0.5, 0.6) is 0 Å². The van der Waals surface area contributed by atoms with E-state index in [0.717, 1.165) is 51.4 Å². The number of hydrogen-bond acceptors (Lipinski definition) is 4. The standard InChI is InChI=1S/C20H31NO5/c22-20(23)18-16-14-12-10-8-6-4-2-1-3-5-7-9-11-13-15-17-19-26-21(24)25/h1,3-4,6-7,9-10,12H,2,5,8,11,13-19H2,(H,22,23). The van der Waals surface area contributed by atoms with Gasteiger partial charge in [0.1, 0.15) is 0 Å². The number of hydrogen-bond donors (Lipinski definition) is 1. The van der Waals surface area contributed by atoms with Gasteiger partial charge >= 0.3 is 5.97 Å². The number of nitrogens with zero attached hydrogens (tertiary/aromatic N) is 1. The molecular weight excluding hydrogens is 334 g/mol. The monoisotopic (exact) mass is 365 g/mol. The van der Waals surface area contributed by atoms with Crippen LogP contribution in [0.1, 0.15) is 64.2 Å². The summed E-state index contributed by atoms with van der Waals surface area (Å²) in [7, 11) is 0. The summed E-state index contributed by atoms with van der Waals surface area (Å²) in [6.07, 6.45) is 25.0. The maximum atomic E-state index is 10.3. The fourth-order valence-corrected chi connectivity index (χ4v) is 2.10. The summed E-state index contributed by atoms with van der Waals surface area (Å²) in [6.45, 7) is 0.188. The molecule has 0 aliphatic rings. The second-order valence-corrected chi connectivity index (χ2v) is 5.78. The summed E-state index contributed by atoms with van der Waals surface area (Å²) in [6, 6.07) is 0. The molecule has 146 valence electrons. The van der Waals surface area contributed by atoms with Gasteiger partial charge in [-0.25, -0.2) is 0 Å². The summed E-state index contributed by atoms with van der Waals surface area (Å²) in [5, 5.41) is 17.7. The lowest BCUT2D eigenvalue weighted by Gasteiger charge is -1.97. The van der Waals surface area contributed by atoms with Crippen LogP contribution in [0.25, 0.3) is 0 Å². The van der Waals surface area contributed by atoms with E-state index < -0.39 is 11.1 Å². The van der Waals surface area contributed by atoms with Crippen LogP contribution in [-0.4, -0.2) is 22.8 Å². The third-order valence-corrected chi connectivity index (χ3v) is 3.46. The third kappa shape index (κ3) is 21.6. The minimum atomic E-state index is -0.747. The molecule has 0 aliphatic heterocycles. The Morgan fingerprint density at radius 2 is 1.31 bits per heavy atom. The number of aliphatic carboxylic acids is 1. The Morgan fingerprint density at radius 1 is 0.808 bits per heavy atom. The van der Waals surface area contributed by atoms with E-state index in [-0.39, 0.29) is 13.0 Å². The SMILES string of the molecule is O=C(O)CCCC=CCC=CCC=CCC=CCCCCCO[N+](=O)[O-]. The average molecular weight is 365 g/mol. The van der Waals surface area contributed by atoms with E-state index in [9.17, 15) is 14.9 Å². The highest BCUT2D eigenvalue weighted by Gasteiger charge is 1.93. The minimum absolute atomic E-state index is 0.188. The Hall–Kier alpha value is -2.37. The van der Waals surface area contributed by atoms with Crippen LogP contribution >= 0.6 is 0 Å². The first-order valence-electron chi connectivity index (χ1n) is 9.22. The molecule has 6 heteroatoms. The summed E-state index contributed by atoms with van der Waals surface area (Å²) < 4.78 is 0. The summed E-state index contributed by atoms with van der Waals surface area (Å²) >= 11 is 0. The Bertz CT molecular complexity index is 481. The number of carbonyl (C=O) groups is 1. The molecule has 1 N–H and O–H groups in total. The zero-order chi connectivity index (χ0) is 19.3. The van der Waals surface area contributed by atoms with Crippen LogP contribution in [0, 0.1) is 10.1 Å². The second-order valence-electron chi connectivity index (χ2n) is 5.78. The van der Waals surface area contributed by atoms with E-state index in [4.69, 9.17) is 5.11 Å². The average Bonchev–Trinajstić information content (AvgIpc) is 2.59. The van der Waals surface area contributed by atoms with Crippen LogP contribution in [-0.2, 0) is 9.63 Å². The molecule has 0 spiro atoms. The van der Waals surface area contributed by atoms with Gasteiger partial charge in [-0.2, -0.15) is 0 Å². The molecule has 0 aliphatic carbocycles. The predicted molar refractivity (Wildman–Crippen MR) is 103 cm³/mol. The lowest BCUT2D eigenvalue weighted by molar-refractivity contribution is -0.757. The zero-order valence-electron chi connectivity index (χ0n) is 15.4. The molecule has 0 unspecified atom stereocenters. The summed E-state index contributed by atoms with van der Waals surface area (Å²) in [4.78, 5) is 24.5. The Balaban J connectivity index is 3.40. The van der Waals surface area contributed by atoms with Crippen molar-refractivity contribution in [1.82, 2.24) is 0 Å². The van der Waals surface area contributed by atoms with Gasteiger partial charge < -0.3 is 9.94 Å². The fraction of sp³-hybridized carbons (Fsp3) is 0.550. The van der Waals surface area contributed by atoms with Gasteiger partial charge in [-0.1, -0.05) is 55.0 Å². The number of rotatable bonds is 17. The molecule has 0 radical (unpaired) electrons. The van der Waals surface area contributed by atoms with Gasteiger partial charge in [0.05, 0.1) is 6.61 Å². The molecule has 0 heterocycles. The Kier molecular flexibility index (Phi) is 17.2. The van der Waals surface area contributed by atoms with Crippen molar-refractivity contribution in [3.8, 4) is 0 Å². The highest BCUT2D eigenvalue weighted by Crippen LogP contribution is 2.02. The second kappa shape index (κ2) is 19.0. The van der Waals surface area contributed by atoms with Gasteiger partial charge in [0.15, 0.2) is 0 Å². The van der Waals surface area contributed by atoms with E-state index in [2.05, 4.69) is 47.4 Å². The number of carboxylic acids is 1. The third-order valence-electron chi connectivity index (χ3n) is 3.46. The lowest BCUT2D eigenvalue weighted by atomic mass is 10.2. The topological polar surface area (TPSA) is 89.7 Å². The van der Waals surface area contributed by atoms with Crippen molar-refractivity contribution in [1.29, 1.82) is 0 Å². The molecule has 0 saturated heterocycles. The van der Waals surface area contributed by atoms with Crippen LogP contribution < -0.4 is 0 Å². The quantitative estimate of drug-likeness (QED) is 0.161. The normalized spacial score (nSPS) is 12.0. The first kappa shape index (κ1) is 23.6. The van der Waals surface area contributed by atoms with Crippen molar-refractivity contribution in [2.45, 2.75) is 64.2 Å². The molecule has 0 aromatic carbocycles. The predicted octanol–water partition coefficient (Wildman–Crippen LogP) is 5.41. The fourth-order valence-electron chi connectivity index (χ4n) is 2.10.